The van der Waals surface area contributed by atoms with Crippen LogP contribution in [0.3, 0.4) is 0 Å². The minimum absolute atomic E-state index is 0.175. The number of benzene rings is 1. The van der Waals surface area contributed by atoms with Crippen LogP contribution in [0.15, 0.2) is 29.1 Å². The maximum Gasteiger partial charge on any atom is 0.268 e. The fraction of sp³-hybridized carbons (Fsp3) is 0.333. The van der Waals surface area contributed by atoms with Crippen LogP contribution in [0.5, 0.6) is 0 Å². The molecule has 3 rings (SSSR count). The van der Waals surface area contributed by atoms with E-state index in [2.05, 4.69) is 10.3 Å². The molecule has 20 heavy (non-hydrogen) atoms. The number of carbonyl (C=O) groups excluding carboxylic acids is 1. The first kappa shape index (κ1) is 12.8. The smallest absolute Gasteiger partial charge is 0.268 e. The van der Waals surface area contributed by atoms with Crippen molar-refractivity contribution in [2.24, 2.45) is 0 Å². The van der Waals surface area contributed by atoms with Gasteiger partial charge in [-0.05, 0) is 42.5 Å². The average Bonchev–Trinajstić information content (AvgIpc) is 2.90. The van der Waals surface area contributed by atoms with E-state index < -0.39 is 5.82 Å². The molecule has 1 saturated carbocycles. The summed E-state index contributed by atoms with van der Waals surface area (Å²) >= 11 is 0. The van der Waals surface area contributed by atoms with Crippen molar-refractivity contribution in [3.05, 3.63) is 46.1 Å². The third-order valence-electron chi connectivity index (χ3n) is 3.74. The number of nitrogens with one attached hydrogen (secondary N) is 2. The highest BCUT2D eigenvalue weighted by Gasteiger charge is 2.18. The van der Waals surface area contributed by atoms with E-state index in [1.807, 2.05) is 0 Å². The first-order valence-electron chi connectivity index (χ1n) is 6.77. The molecule has 0 saturated heterocycles. The molecule has 4 nitrogen and oxygen atoms in total. The van der Waals surface area contributed by atoms with Gasteiger partial charge in [0.15, 0.2) is 0 Å². The topological polar surface area (TPSA) is 62.0 Å². The monoisotopic (exact) mass is 274 g/mol. The fourth-order valence-corrected chi connectivity index (χ4v) is 2.70. The third kappa shape index (κ3) is 2.43. The van der Waals surface area contributed by atoms with Gasteiger partial charge in [-0.2, -0.15) is 0 Å². The Morgan fingerprint density at radius 2 is 2.00 bits per heavy atom. The van der Waals surface area contributed by atoms with Crippen molar-refractivity contribution in [1.29, 1.82) is 0 Å². The van der Waals surface area contributed by atoms with Gasteiger partial charge in [-0.3, -0.25) is 9.59 Å². The van der Waals surface area contributed by atoms with E-state index in [9.17, 15) is 14.0 Å². The molecule has 0 atom stereocenters. The molecule has 1 aromatic carbocycles. The first-order valence-corrected chi connectivity index (χ1v) is 6.77. The SMILES string of the molecule is O=C(NC1CCCC1)c1cc2cc(F)ccc2c(=O)[nH]1. The maximum absolute atomic E-state index is 13.2. The molecule has 2 aromatic rings. The van der Waals surface area contributed by atoms with Gasteiger partial charge < -0.3 is 10.3 Å². The number of aromatic amines is 1. The summed E-state index contributed by atoms with van der Waals surface area (Å²) in [6.45, 7) is 0. The molecular formula is C15H15FN2O2. The van der Waals surface area contributed by atoms with Crippen LogP contribution in [-0.4, -0.2) is 16.9 Å². The molecule has 5 heteroatoms. The van der Waals surface area contributed by atoms with Gasteiger partial charge in [0.05, 0.1) is 0 Å². The molecule has 0 unspecified atom stereocenters. The Morgan fingerprint density at radius 1 is 1.25 bits per heavy atom. The summed E-state index contributed by atoms with van der Waals surface area (Å²) in [5, 5.41) is 3.71. The molecule has 1 heterocycles. The van der Waals surface area contributed by atoms with E-state index in [4.69, 9.17) is 0 Å². The van der Waals surface area contributed by atoms with Crippen LogP contribution in [0.4, 0.5) is 4.39 Å². The zero-order valence-corrected chi connectivity index (χ0v) is 10.9. The van der Waals surface area contributed by atoms with E-state index in [0.717, 1.165) is 25.7 Å². The Hall–Kier alpha value is -2.17. The highest BCUT2D eigenvalue weighted by Crippen LogP contribution is 2.18. The zero-order chi connectivity index (χ0) is 14.1. The van der Waals surface area contributed by atoms with Crippen molar-refractivity contribution in [3.63, 3.8) is 0 Å². The molecule has 1 amide bonds. The van der Waals surface area contributed by atoms with Crippen LogP contribution in [0, 0.1) is 5.82 Å². The lowest BCUT2D eigenvalue weighted by molar-refractivity contribution is 0.0933. The number of fused-ring (bicyclic) bond motifs is 1. The normalized spacial score (nSPS) is 15.7. The molecular weight excluding hydrogens is 259 g/mol. The van der Waals surface area contributed by atoms with Crippen molar-refractivity contribution >= 4 is 16.7 Å². The van der Waals surface area contributed by atoms with Crippen LogP contribution in [0.1, 0.15) is 36.2 Å². The van der Waals surface area contributed by atoms with Gasteiger partial charge in [0, 0.05) is 11.4 Å². The van der Waals surface area contributed by atoms with E-state index >= 15 is 0 Å². The number of rotatable bonds is 2. The van der Waals surface area contributed by atoms with Gasteiger partial charge in [-0.15, -0.1) is 0 Å². The number of hydrogen-bond donors (Lipinski definition) is 2. The molecule has 0 spiro atoms. The van der Waals surface area contributed by atoms with Crippen LogP contribution in [-0.2, 0) is 0 Å². The third-order valence-corrected chi connectivity index (χ3v) is 3.74. The molecule has 1 aliphatic rings. The molecule has 1 aromatic heterocycles. The van der Waals surface area contributed by atoms with E-state index in [0.29, 0.717) is 10.8 Å². The number of hydrogen-bond acceptors (Lipinski definition) is 2. The number of pyridine rings is 1. The largest absolute Gasteiger partial charge is 0.348 e. The number of aromatic nitrogens is 1. The summed E-state index contributed by atoms with van der Waals surface area (Å²) in [7, 11) is 0. The van der Waals surface area contributed by atoms with Gasteiger partial charge in [-0.25, -0.2) is 4.39 Å². The molecule has 0 bridgehead atoms. The Kier molecular flexibility index (Phi) is 3.26. The quantitative estimate of drug-likeness (QED) is 0.883. The highest BCUT2D eigenvalue weighted by atomic mass is 19.1. The maximum atomic E-state index is 13.2. The fourth-order valence-electron chi connectivity index (χ4n) is 2.70. The summed E-state index contributed by atoms with van der Waals surface area (Å²) < 4.78 is 13.2. The standard InChI is InChI=1S/C15H15FN2O2/c16-10-5-6-12-9(7-10)8-13(18-14(12)19)15(20)17-11-3-1-2-4-11/h5-8,11H,1-4H2,(H,17,20)(H,18,19). The van der Waals surface area contributed by atoms with Crippen LogP contribution >= 0.6 is 0 Å². The number of amides is 1. The van der Waals surface area contributed by atoms with Crippen molar-refractivity contribution in [1.82, 2.24) is 10.3 Å². The Balaban J connectivity index is 1.94. The predicted molar refractivity (Wildman–Crippen MR) is 74.2 cm³/mol. The summed E-state index contributed by atoms with van der Waals surface area (Å²) in [6.07, 6.45) is 4.17. The van der Waals surface area contributed by atoms with Gasteiger partial charge in [0.2, 0.25) is 0 Å². The molecule has 0 aliphatic heterocycles. The van der Waals surface area contributed by atoms with Crippen molar-refractivity contribution in [2.45, 2.75) is 31.7 Å². The molecule has 0 radical (unpaired) electrons. The van der Waals surface area contributed by atoms with Gasteiger partial charge in [-0.1, -0.05) is 12.8 Å². The lowest BCUT2D eigenvalue weighted by Crippen LogP contribution is -2.34. The lowest BCUT2D eigenvalue weighted by atomic mass is 10.1. The van der Waals surface area contributed by atoms with Crippen molar-refractivity contribution in [2.75, 3.05) is 0 Å². The second-order valence-corrected chi connectivity index (χ2v) is 5.20. The molecule has 104 valence electrons. The summed E-state index contributed by atoms with van der Waals surface area (Å²) in [4.78, 5) is 26.6. The van der Waals surface area contributed by atoms with Gasteiger partial charge in [0.1, 0.15) is 11.5 Å². The first-order chi connectivity index (χ1) is 9.63. The summed E-state index contributed by atoms with van der Waals surface area (Å²) in [6, 6.07) is 5.60. The summed E-state index contributed by atoms with van der Waals surface area (Å²) in [5.41, 5.74) is -0.195. The molecule has 2 N–H and O–H groups in total. The Bertz CT molecular complexity index is 717. The zero-order valence-electron chi connectivity index (χ0n) is 10.9. The van der Waals surface area contributed by atoms with E-state index in [1.54, 1.807) is 0 Å². The van der Waals surface area contributed by atoms with Gasteiger partial charge in [0.25, 0.3) is 11.5 Å². The van der Waals surface area contributed by atoms with Crippen LogP contribution < -0.4 is 10.9 Å². The number of halogens is 1. The Labute approximate surface area is 115 Å². The van der Waals surface area contributed by atoms with Crippen LogP contribution in [0.25, 0.3) is 10.8 Å². The van der Waals surface area contributed by atoms with E-state index in [1.165, 1.54) is 24.3 Å². The van der Waals surface area contributed by atoms with E-state index in [-0.39, 0.29) is 23.2 Å². The number of H-pyrrole nitrogens is 1. The second kappa shape index (κ2) is 5.07. The lowest BCUT2D eigenvalue weighted by Gasteiger charge is -2.12. The van der Waals surface area contributed by atoms with Crippen molar-refractivity contribution < 1.29 is 9.18 Å². The van der Waals surface area contributed by atoms with Gasteiger partial charge >= 0.3 is 0 Å². The minimum Gasteiger partial charge on any atom is -0.348 e. The highest BCUT2D eigenvalue weighted by molar-refractivity contribution is 5.96. The molecule has 1 fully saturated rings. The number of carbonyl (C=O) groups is 1. The summed E-state index contributed by atoms with van der Waals surface area (Å²) in [5.74, 6) is -0.731. The Morgan fingerprint density at radius 3 is 2.75 bits per heavy atom. The minimum atomic E-state index is -0.426. The average molecular weight is 274 g/mol. The van der Waals surface area contributed by atoms with Crippen LogP contribution in [0.2, 0.25) is 0 Å². The van der Waals surface area contributed by atoms with Crippen molar-refractivity contribution in [3.8, 4) is 0 Å². The second-order valence-electron chi connectivity index (χ2n) is 5.20. The molecule has 1 aliphatic carbocycles. The predicted octanol–water partition coefficient (Wildman–Crippen LogP) is 2.34.